The molecule has 0 atom stereocenters. The Morgan fingerprint density at radius 1 is 1.45 bits per heavy atom. The van der Waals surface area contributed by atoms with Crippen molar-refractivity contribution in [2.24, 2.45) is 0 Å². The second kappa shape index (κ2) is 11.9. The van der Waals surface area contributed by atoms with Crippen molar-refractivity contribution in [3.63, 3.8) is 0 Å². The fourth-order valence-electron chi connectivity index (χ4n) is 0.347. The molecule has 0 saturated heterocycles. The lowest BCUT2D eigenvalue weighted by molar-refractivity contribution is -0.131. The summed E-state index contributed by atoms with van der Waals surface area (Å²) in [6.45, 7) is 7.33. The van der Waals surface area contributed by atoms with E-state index in [1.54, 1.807) is 6.92 Å². The molecule has 0 aromatic carbocycles. The third-order valence-electron chi connectivity index (χ3n) is 0.717. The second-order valence-electron chi connectivity index (χ2n) is 1.62. The summed E-state index contributed by atoms with van der Waals surface area (Å²) in [5.41, 5.74) is 0. The van der Waals surface area contributed by atoms with E-state index in [4.69, 9.17) is 9.84 Å². The molecule has 1 N–H and O–H groups in total. The predicted molar refractivity (Wildman–Crippen MR) is 44.6 cm³/mol. The maximum atomic E-state index is 9.51. The zero-order valence-electron chi connectivity index (χ0n) is 7.33. The Hall–Kier alpha value is -0.830. The number of carboxylic acid groups (broad SMARTS) is 1. The van der Waals surface area contributed by atoms with Crippen LogP contribution in [0.3, 0.4) is 0 Å². The lowest BCUT2D eigenvalue weighted by Crippen LogP contribution is -1.84. The molecule has 0 heterocycles. The molecule has 0 aromatic heterocycles. The van der Waals surface area contributed by atoms with Gasteiger partial charge in [0.05, 0.1) is 0 Å². The minimum atomic E-state index is -0.891. The summed E-state index contributed by atoms with van der Waals surface area (Å²) in [6.07, 6.45) is 2.56. The van der Waals surface area contributed by atoms with Gasteiger partial charge in [0.25, 0.3) is 0 Å². The second-order valence-corrected chi connectivity index (χ2v) is 1.62. The largest absolute Gasteiger partial charge is 0.478 e. The highest BCUT2D eigenvalue weighted by atomic mass is 16.5. The number of rotatable bonds is 3. The molecule has 0 radical (unpaired) electrons. The van der Waals surface area contributed by atoms with Crippen molar-refractivity contribution in [1.29, 1.82) is 0 Å². The van der Waals surface area contributed by atoms with E-state index < -0.39 is 5.97 Å². The molecule has 0 saturated carbocycles. The molecule has 66 valence electrons. The van der Waals surface area contributed by atoms with Crippen molar-refractivity contribution < 1.29 is 14.6 Å². The molecule has 0 aromatic rings. The van der Waals surface area contributed by atoms with Crippen LogP contribution < -0.4 is 0 Å². The first-order chi connectivity index (χ1) is 5.18. The Bertz CT molecular complexity index is 106. The summed E-state index contributed by atoms with van der Waals surface area (Å²) in [6, 6.07) is 0. The van der Waals surface area contributed by atoms with Gasteiger partial charge in [0, 0.05) is 19.3 Å². The first kappa shape index (κ1) is 12.8. The first-order valence-electron chi connectivity index (χ1n) is 3.62. The van der Waals surface area contributed by atoms with Gasteiger partial charge in [-0.2, -0.15) is 0 Å². The summed E-state index contributed by atoms with van der Waals surface area (Å²) in [5.74, 6) is -0.891. The minimum Gasteiger partial charge on any atom is -0.478 e. The molecule has 0 fully saturated rings. The lowest BCUT2D eigenvalue weighted by Gasteiger charge is -1.86. The molecule has 0 aliphatic heterocycles. The summed E-state index contributed by atoms with van der Waals surface area (Å²) in [7, 11) is 0. The van der Waals surface area contributed by atoms with Gasteiger partial charge < -0.3 is 9.84 Å². The molecule has 0 aliphatic rings. The molecule has 3 heteroatoms. The zero-order valence-corrected chi connectivity index (χ0v) is 7.33. The molecule has 0 rings (SSSR count). The van der Waals surface area contributed by atoms with Gasteiger partial charge in [-0.3, -0.25) is 0 Å². The summed E-state index contributed by atoms with van der Waals surface area (Å²) in [4.78, 5) is 9.51. The highest BCUT2D eigenvalue weighted by molar-refractivity contribution is 5.79. The van der Waals surface area contributed by atoms with Crippen LogP contribution in [0.4, 0.5) is 0 Å². The van der Waals surface area contributed by atoms with Crippen LogP contribution in [0.25, 0.3) is 0 Å². The van der Waals surface area contributed by atoms with Gasteiger partial charge in [-0.1, -0.05) is 6.08 Å². The Labute approximate surface area is 67.7 Å². The molecule has 0 spiro atoms. The van der Waals surface area contributed by atoms with Crippen molar-refractivity contribution in [1.82, 2.24) is 0 Å². The zero-order chi connectivity index (χ0) is 9.11. The van der Waals surface area contributed by atoms with Crippen LogP contribution in [0.1, 0.15) is 20.8 Å². The number of carbonyl (C=O) groups is 1. The van der Waals surface area contributed by atoms with Gasteiger partial charge >= 0.3 is 5.97 Å². The topological polar surface area (TPSA) is 46.5 Å². The minimum absolute atomic E-state index is 0.844. The Balaban J connectivity index is 0. The number of hydrogen-bond donors (Lipinski definition) is 1. The van der Waals surface area contributed by atoms with Crippen LogP contribution in [0.5, 0.6) is 0 Å². The Morgan fingerprint density at radius 2 is 1.91 bits per heavy atom. The molecule has 0 bridgehead atoms. The van der Waals surface area contributed by atoms with Gasteiger partial charge in [-0.05, 0) is 20.8 Å². The average molecular weight is 160 g/mol. The van der Waals surface area contributed by atoms with Gasteiger partial charge in [-0.25, -0.2) is 4.79 Å². The standard InChI is InChI=1S/C4H6O2.C4H10O/c1-2-3-4(5)6;1-3-5-4-2/h2-3H,1H3,(H,5,6);3-4H2,1-2H3. The normalized spacial score (nSPS) is 9.00. The highest BCUT2D eigenvalue weighted by Crippen LogP contribution is 1.65. The van der Waals surface area contributed by atoms with Crippen LogP contribution in [0.15, 0.2) is 12.2 Å². The Morgan fingerprint density at radius 3 is 1.91 bits per heavy atom. The van der Waals surface area contributed by atoms with E-state index in [9.17, 15) is 4.79 Å². The molecular formula is C8H16O3. The maximum absolute atomic E-state index is 9.51. The van der Waals surface area contributed by atoms with E-state index >= 15 is 0 Å². The lowest BCUT2D eigenvalue weighted by atomic mass is 10.5. The van der Waals surface area contributed by atoms with E-state index in [-0.39, 0.29) is 0 Å². The third kappa shape index (κ3) is 27.1. The number of aliphatic carboxylic acids is 1. The quantitative estimate of drug-likeness (QED) is 0.639. The number of ether oxygens (including phenoxy) is 1. The number of allylic oxidation sites excluding steroid dienone is 1. The number of hydrogen-bond acceptors (Lipinski definition) is 2. The molecule has 11 heavy (non-hydrogen) atoms. The van der Waals surface area contributed by atoms with Gasteiger partial charge in [0.15, 0.2) is 0 Å². The van der Waals surface area contributed by atoms with Crippen LogP contribution in [0.2, 0.25) is 0 Å². The van der Waals surface area contributed by atoms with Crippen LogP contribution in [-0.4, -0.2) is 24.3 Å². The monoisotopic (exact) mass is 160 g/mol. The number of carboxylic acids is 1. The predicted octanol–water partition coefficient (Wildman–Crippen LogP) is 1.69. The van der Waals surface area contributed by atoms with Gasteiger partial charge in [-0.15, -0.1) is 0 Å². The fraction of sp³-hybridized carbons (Fsp3) is 0.625. The van der Waals surface area contributed by atoms with Crippen LogP contribution in [-0.2, 0) is 9.53 Å². The van der Waals surface area contributed by atoms with E-state index in [0.717, 1.165) is 19.3 Å². The highest BCUT2D eigenvalue weighted by Gasteiger charge is 1.76. The van der Waals surface area contributed by atoms with E-state index in [0.29, 0.717) is 0 Å². The molecule has 3 nitrogen and oxygen atoms in total. The Kier molecular flexibility index (Phi) is 13.9. The van der Waals surface area contributed by atoms with Gasteiger partial charge in [0.1, 0.15) is 0 Å². The van der Waals surface area contributed by atoms with Crippen molar-refractivity contribution in [3.8, 4) is 0 Å². The average Bonchev–Trinajstić information content (AvgIpc) is 1.90. The van der Waals surface area contributed by atoms with E-state index in [1.807, 2.05) is 13.8 Å². The van der Waals surface area contributed by atoms with Crippen LogP contribution in [0, 0.1) is 0 Å². The molecule has 0 aliphatic carbocycles. The van der Waals surface area contributed by atoms with Crippen molar-refractivity contribution in [2.45, 2.75) is 20.8 Å². The molecular weight excluding hydrogens is 144 g/mol. The molecule has 0 amide bonds. The van der Waals surface area contributed by atoms with E-state index in [1.165, 1.54) is 6.08 Å². The smallest absolute Gasteiger partial charge is 0.327 e. The summed E-state index contributed by atoms with van der Waals surface area (Å²) in [5, 5.41) is 7.83. The van der Waals surface area contributed by atoms with Crippen molar-refractivity contribution in [3.05, 3.63) is 12.2 Å². The molecule has 0 unspecified atom stereocenters. The van der Waals surface area contributed by atoms with E-state index in [2.05, 4.69) is 0 Å². The maximum Gasteiger partial charge on any atom is 0.327 e. The van der Waals surface area contributed by atoms with Gasteiger partial charge in [0.2, 0.25) is 0 Å². The van der Waals surface area contributed by atoms with Crippen molar-refractivity contribution >= 4 is 5.97 Å². The summed E-state index contributed by atoms with van der Waals surface area (Å²) < 4.78 is 4.83. The third-order valence-corrected chi connectivity index (χ3v) is 0.717. The fourth-order valence-corrected chi connectivity index (χ4v) is 0.347. The van der Waals surface area contributed by atoms with Crippen molar-refractivity contribution in [2.75, 3.05) is 13.2 Å². The summed E-state index contributed by atoms with van der Waals surface area (Å²) >= 11 is 0. The first-order valence-corrected chi connectivity index (χ1v) is 3.62. The SMILES string of the molecule is CC=CC(=O)O.CCOCC. The van der Waals surface area contributed by atoms with Crippen LogP contribution >= 0.6 is 0 Å².